The SMILES string of the molecule is C=Cc1cc(C(=O)Nc2cc(-c3ccc(Cl)cc3C(=O)N3CC(F)(F)C3)cc(OCC)n2)c(=O)n(C2CC2)c1. The molecule has 1 aliphatic carbocycles. The molecule has 3 heterocycles. The molecule has 11 heteroatoms. The van der Waals surface area contributed by atoms with Crippen LogP contribution < -0.4 is 15.6 Å². The highest BCUT2D eigenvalue weighted by Crippen LogP contribution is 2.35. The summed E-state index contributed by atoms with van der Waals surface area (Å²) in [5.41, 5.74) is 1.10. The van der Waals surface area contributed by atoms with Gasteiger partial charge in [0.05, 0.1) is 19.7 Å². The van der Waals surface area contributed by atoms with Gasteiger partial charge < -0.3 is 19.5 Å². The van der Waals surface area contributed by atoms with Gasteiger partial charge in [0.1, 0.15) is 11.4 Å². The number of benzene rings is 1. The second-order valence-corrected chi connectivity index (χ2v) is 9.94. The van der Waals surface area contributed by atoms with E-state index in [1.807, 2.05) is 0 Å². The molecule has 202 valence electrons. The number of rotatable bonds is 8. The lowest BCUT2D eigenvalue weighted by Crippen LogP contribution is -2.58. The molecule has 1 N–H and O–H groups in total. The maximum absolute atomic E-state index is 13.5. The Kier molecular flexibility index (Phi) is 6.98. The summed E-state index contributed by atoms with van der Waals surface area (Å²) in [7, 11) is 0. The van der Waals surface area contributed by atoms with Crippen molar-refractivity contribution in [1.82, 2.24) is 14.5 Å². The number of halogens is 3. The third-order valence-electron chi connectivity index (χ3n) is 6.47. The lowest BCUT2D eigenvalue weighted by atomic mass is 9.97. The maximum atomic E-state index is 13.5. The molecule has 2 aliphatic rings. The maximum Gasteiger partial charge on any atom is 0.282 e. The fourth-order valence-electron chi connectivity index (χ4n) is 4.42. The van der Waals surface area contributed by atoms with Gasteiger partial charge in [-0.2, -0.15) is 4.98 Å². The monoisotopic (exact) mass is 554 g/mol. The average Bonchev–Trinajstić information content (AvgIpc) is 3.72. The standard InChI is InChI=1S/C28H25ClF2N4O4/c1-3-16-9-22(27(38)35(13-16)19-6-7-19)25(36)33-23-10-17(11-24(32-23)39-4-2)20-8-5-18(29)12-21(20)26(37)34-14-28(30,31)15-34/h3,5,8-13,19H,1,4,6-7,14-15H2,2H3,(H,32,33,36). The van der Waals surface area contributed by atoms with Crippen molar-refractivity contribution in [2.24, 2.45) is 0 Å². The van der Waals surface area contributed by atoms with Crippen molar-refractivity contribution in [2.45, 2.75) is 31.7 Å². The first-order valence-corrected chi connectivity index (χ1v) is 12.8. The van der Waals surface area contributed by atoms with Crippen LogP contribution in [0.4, 0.5) is 14.6 Å². The van der Waals surface area contributed by atoms with Crippen molar-refractivity contribution in [3.63, 3.8) is 0 Å². The molecular formula is C28H25ClF2N4O4. The van der Waals surface area contributed by atoms with Gasteiger partial charge in [-0.25, -0.2) is 8.78 Å². The number of amides is 2. The number of anilines is 1. The second-order valence-electron chi connectivity index (χ2n) is 9.51. The molecule has 2 fully saturated rings. The zero-order valence-corrected chi connectivity index (χ0v) is 21.8. The molecule has 0 radical (unpaired) electrons. The van der Waals surface area contributed by atoms with Crippen LogP contribution in [-0.4, -0.2) is 51.9 Å². The number of hydrogen-bond acceptors (Lipinski definition) is 5. The first kappa shape index (κ1) is 26.6. The van der Waals surface area contributed by atoms with Crippen molar-refractivity contribution in [3.8, 4) is 17.0 Å². The molecule has 1 aromatic carbocycles. The van der Waals surface area contributed by atoms with Crippen molar-refractivity contribution in [2.75, 3.05) is 25.0 Å². The molecular weight excluding hydrogens is 530 g/mol. The normalized spacial score (nSPS) is 15.8. The van der Waals surface area contributed by atoms with E-state index >= 15 is 0 Å². The van der Waals surface area contributed by atoms with Crippen molar-refractivity contribution in [1.29, 1.82) is 0 Å². The Balaban J connectivity index is 1.51. The zero-order valence-electron chi connectivity index (χ0n) is 21.0. The number of carbonyl (C=O) groups excluding carboxylic acids is 2. The van der Waals surface area contributed by atoms with E-state index in [2.05, 4.69) is 16.9 Å². The summed E-state index contributed by atoms with van der Waals surface area (Å²) in [5.74, 6) is -3.96. The molecule has 8 nitrogen and oxygen atoms in total. The van der Waals surface area contributed by atoms with Crippen LogP contribution in [0, 0.1) is 0 Å². The highest BCUT2D eigenvalue weighted by atomic mass is 35.5. The molecule has 5 rings (SSSR count). The number of pyridine rings is 2. The zero-order chi connectivity index (χ0) is 27.9. The number of aromatic nitrogens is 2. The molecule has 0 unspecified atom stereocenters. The Labute approximate surface area is 227 Å². The van der Waals surface area contributed by atoms with E-state index in [1.54, 1.807) is 42.0 Å². The van der Waals surface area contributed by atoms with Gasteiger partial charge in [0.25, 0.3) is 23.3 Å². The lowest BCUT2D eigenvalue weighted by molar-refractivity contribution is -0.113. The fourth-order valence-corrected chi connectivity index (χ4v) is 4.60. The van der Waals surface area contributed by atoms with Gasteiger partial charge in [0, 0.05) is 28.9 Å². The van der Waals surface area contributed by atoms with E-state index in [0.717, 1.165) is 17.7 Å². The largest absolute Gasteiger partial charge is 0.478 e. The third kappa shape index (κ3) is 5.56. The van der Waals surface area contributed by atoms with E-state index < -0.39 is 36.4 Å². The molecule has 0 spiro atoms. The molecule has 3 aromatic rings. The fraction of sp³-hybridized carbons (Fsp3) is 0.286. The van der Waals surface area contributed by atoms with Crippen molar-refractivity contribution < 1.29 is 23.1 Å². The summed E-state index contributed by atoms with van der Waals surface area (Å²) < 4.78 is 34.0. The van der Waals surface area contributed by atoms with Gasteiger partial charge in [-0.1, -0.05) is 30.3 Å². The first-order chi connectivity index (χ1) is 18.6. The molecule has 39 heavy (non-hydrogen) atoms. The van der Waals surface area contributed by atoms with E-state index in [1.165, 1.54) is 18.2 Å². The Morgan fingerprint density at radius 2 is 1.95 bits per heavy atom. The summed E-state index contributed by atoms with van der Waals surface area (Å²) in [6.45, 7) is 4.42. The molecule has 2 aromatic heterocycles. The molecule has 0 bridgehead atoms. The topological polar surface area (TPSA) is 93.5 Å². The van der Waals surface area contributed by atoms with Crippen LogP contribution in [0.25, 0.3) is 17.2 Å². The Morgan fingerprint density at radius 3 is 2.59 bits per heavy atom. The number of likely N-dealkylation sites (tertiary alicyclic amines) is 1. The number of alkyl halides is 2. The van der Waals surface area contributed by atoms with Crippen molar-refractivity contribution >= 4 is 35.3 Å². The minimum atomic E-state index is -2.92. The number of hydrogen-bond donors (Lipinski definition) is 1. The van der Waals surface area contributed by atoms with E-state index in [-0.39, 0.29) is 40.5 Å². The van der Waals surface area contributed by atoms with Crippen LogP contribution in [0.5, 0.6) is 5.88 Å². The first-order valence-electron chi connectivity index (χ1n) is 12.4. The highest BCUT2D eigenvalue weighted by molar-refractivity contribution is 6.31. The van der Waals surface area contributed by atoms with Crippen LogP contribution >= 0.6 is 11.6 Å². The van der Waals surface area contributed by atoms with Crippen LogP contribution in [-0.2, 0) is 0 Å². The number of ether oxygens (including phenoxy) is 1. The van der Waals surface area contributed by atoms with E-state index in [4.69, 9.17) is 16.3 Å². The Hall–Kier alpha value is -4.05. The summed E-state index contributed by atoms with van der Waals surface area (Å²) in [6.07, 6.45) is 4.97. The van der Waals surface area contributed by atoms with Crippen molar-refractivity contribution in [3.05, 3.63) is 81.2 Å². The summed E-state index contributed by atoms with van der Waals surface area (Å²) in [6, 6.07) is 9.18. The predicted molar refractivity (Wildman–Crippen MR) is 144 cm³/mol. The third-order valence-corrected chi connectivity index (χ3v) is 6.71. The number of carbonyl (C=O) groups is 2. The molecule has 1 saturated heterocycles. The summed E-state index contributed by atoms with van der Waals surface area (Å²) in [4.78, 5) is 44.7. The van der Waals surface area contributed by atoms with Gasteiger partial charge in [-0.05, 0) is 60.7 Å². The quantitative estimate of drug-likeness (QED) is 0.409. The van der Waals surface area contributed by atoms with Crippen LogP contribution in [0.15, 0.2) is 54.0 Å². The minimum Gasteiger partial charge on any atom is -0.478 e. The van der Waals surface area contributed by atoms with Gasteiger partial charge in [0.2, 0.25) is 5.88 Å². The molecule has 0 atom stereocenters. The van der Waals surface area contributed by atoms with Gasteiger partial charge >= 0.3 is 0 Å². The smallest absolute Gasteiger partial charge is 0.282 e. The van der Waals surface area contributed by atoms with E-state index in [0.29, 0.717) is 16.7 Å². The second kappa shape index (κ2) is 10.3. The summed E-state index contributed by atoms with van der Waals surface area (Å²) in [5, 5.41) is 2.92. The molecule has 1 saturated carbocycles. The van der Waals surface area contributed by atoms with Gasteiger partial charge in [-0.15, -0.1) is 0 Å². The molecule has 2 amide bonds. The van der Waals surface area contributed by atoms with Crippen LogP contribution in [0.1, 0.15) is 52.1 Å². The van der Waals surface area contributed by atoms with Gasteiger partial charge in [0.15, 0.2) is 0 Å². The molecule has 1 aliphatic heterocycles. The minimum absolute atomic E-state index is 0.0576. The Morgan fingerprint density at radius 1 is 1.21 bits per heavy atom. The number of nitrogens with zero attached hydrogens (tertiary/aromatic N) is 3. The van der Waals surface area contributed by atoms with Crippen LogP contribution in [0.3, 0.4) is 0 Å². The predicted octanol–water partition coefficient (Wildman–Crippen LogP) is 5.28. The lowest BCUT2D eigenvalue weighted by Gasteiger charge is -2.39. The number of nitrogens with one attached hydrogen (secondary N) is 1. The Bertz CT molecular complexity index is 1540. The van der Waals surface area contributed by atoms with Crippen LogP contribution in [0.2, 0.25) is 5.02 Å². The van der Waals surface area contributed by atoms with E-state index in [9.17, 15) is 23.2 Å². The van der Waals surface area contributed by atoms with Gasteiger partial charge in [-0.3, -0.25) is 14.4 Å². The average molecular weight is 555 g/mol. The highest BCUT2D eigenvalue weighted by Gasteiger charge is 2.46. The summed E-state index contributed by atoms with van der Waals surface area (Å²) >= 11 is 6.15.